The highest BCUT2D eigenvalue weighted by Crippen LogP contribution is 2.24. The van der Waals surface area contributed by atoms with E-state index in [1.165, 1.54) is 16.9 Å². The largest absolute Gasteiger partial charge is 0.293 e. The zero-order valence-corrected chi connectivity index (χ0v) is 15.3. The molecule has 0 unspecified atom stereocenters. The van der Waals surface area contributed by atoms with Crippen LogP contribution in [0.2, 0.25) is 0 Å². The van der Waals surface area contributed by atoms with E-state index in [-0.39, 0.29) is 18.3 Å². The molecular weight excluding hydrogens is 360 g/mol. The molecule has 0 aliphatic rings. The lowest BCUT2D eigenvalue weighted by Gasteiger charge is -1.99. The number of hydrogen-bond donors (Lipinski definition) is 2. The van der Waals surface area contributed by atoms with Gasteiger partial charge in [0.05, 0.1) is 12.1 Å². The van der Waals surface area contributed by atoms with Gasteiger partial charge in [-0.15, -0.1) is 16.4 Å². The molecule has 4 rings (SSSR count). The summed E-state index contributed by atoms with van der Waals surface area (Å²) in [5.41, 5.74) is 3.61. The first-order valence-corrected chi connectivity index (χ1v) is 9.20. The summed E-state index contributed by atoms with van der Waals surface area (Å²) in [6.07, 6.45) is 1.83. The summed E-state index contributed by atoms with van der Waals surface area (Å²) in [7, 11) is 0. The molecule has 0 atom stereocenters. The molecule has 0 radical (unpaired) electrons. The van der Waals surface area contributed by atoms with Crippen LogP contribution in [0.4, 0.5) is 5.95 Å². The van der Waals surface area contributed by atoms with Gasteiger partial charge in [0.15, 0.2) is 5.82 Å². The van der Waals surface area contributed by atoms with E-state index in [2.05, 4.69) is 36.5 Å². The number of carbonyl (C=O) groups excluding carboxylic acids is 1. The van der Waals surface area contributed by atoms with Gasteiger partial charge in [-0.2, -0.15) is 4.98 Å². The third-order valence-corrected chi connectivity index (χ3v) is 4.74. The monoisotopic (exact) mass is 376 g/mol. The van der Waals surface area contributed by atoms with Crippen molar-refractivity contribution in [2.75, 3.05) is 5.32 Å². The predicted molar refractivity (Wildman–Crippen MR) is 104 cm³/mol. The molecule has 134 valence electrons. The second kappa shape index (κ2) is 7.46. The molecule has 7 nitrogen and oxygen atoms in total. The number of nitrogens with zero attached hydrogens (tertiary/aromatic N) is 4. The lowest BCUT2D eigenvalue weighted by atomic mass is 10.1. The Kier molecular flexibility index (Phi) is 4.71. The zero-order chi connectivity index (χ0) is 18.6. The van der Waals surface area contributed by atoms with Crippen molar-refractivity contribution in [3.63, 3.8) is 0 Å². The summed E-state index contributed by atoms with van der Waals surface area (Å²) in [4.78, 5) is 25.3. The summed E-state index contributed by atoms with van der Waals surface area (Å²) < 4.78 is 0. The summed E-state index contributed by atoms with van der Waals surface area (Å²) in [5.74, 6) is 0.499. The molecule has 27 heavy (non-hydrogen) atoms. The Morgan fingerprint density at radius 2 is 2.11 bits per heavy atom. The Balaban J connectivity index is 1.41. The number of aryl methyl sites for hydroxylation is 1. The molecule has 3 aromatic heterocycles. The van der Waals surface area contributed by atoms with Crippen LogP contribution in [0.5, 0.6) is 0 Å². The van der Waals surface area contributed by atoms with E-state index >= 15 is 0 Å². The molecule has 0 saturated heterocycles. The van der Waals surface area contributed by atoms with Gasteiger partial charge in [0.1, 0.15) is 10.7 Å². The number of pyridine rings is 1. The lowest BCUT2D eigenvalue weighted by molar-refractivity contribution is -0.115. The Hall–Kier alpha value is -3.39. The van der Waals surface area contributed by atoms with Crippen molar-refractivity contribution in [2.24, 2.45) is 0 Å². The molecule has 8 heteroatoms. The fraction of sp³-hybridized carbons (Fsp3) is 0.105. The summed E-state index contributed by atoms with van der Waals surface area (Å²) in [5, 5.41) is 12.3. The Morgan fingerprint density at radius 3 is 2.93 bits per heavy atom. The summed E-state index contributed by atoms with van der Waals surface area (Å²) in [6, 6.07) is 13.6. The second-order valence-electron chi connectivity index (χ2n) is 5.96. The average Bonchev–Trinajstić information content (AvgIpc) is 3.32. The fourth-order valence-electron chi connectivity index (χ4n) is 2.57. The van der Waals surface area contributed by atoms with Crippen molar-refractivity contribution in [2.45, 2.75) is 13.3 Å². The topological polar surface area (TPSA) is 96.5 Å². The number of carbonyl (C=O) groups is 1. The van der Waals surface area contributed by atoms with Crippen LogP contribution in [0.25, 0.3) is 22.1 Å². The van der Waals surface area contributed by atoms with E-state index in [0.717, 1.165) is 16.3 Å². The summed E-state index contributed by atoms with van der Waals surface area (Å²) in [6.45, 7) is 2.04. The SMILES string of the molecule is Cc1cccc(-c2nc(CC(=O)Nc3n[nH]c(-c4ccccn4)n3)cs2)c1. The molecule has 1 aromatic carbocycles. The number of anilines is 1. The number of aromatic amines is 1. The highest BCUT2D eigenvalue weighted by Gasteiger charge is 2.12. The van der Waals surface area contributed by atoms with Crippen LogP contribution < -0.4 is 5.32 Å². The van der Waals surface area contributed by atoms with Crippen LogP contribution in [-0.2, 0) is 11.2 Å². The van der Waals surface area contributed by atoms with E-state index in [4.69, 9.17) is 0 Å². The number of hydrogen-bond acceptors (Lipinski definition) is 6. The van der Waals surface area contributed by atoms with Gasteiger partial charge in [0, 0.05) is 17.1 Å². The molecule has 0 fully saturated rings. The van der Waals surface area contributed by atoms with Gasteiger partial charge in [0.2, 0.25) is 11.9 Å². The maximum absolute atomic E-state index is 12.3. The lowest BCUT2D eigenvalue weighted by Crippen LogP contribution is -2.15. The number of thiazole rings is 1. The van der Waals surface area contributed by atoms with Crippen LogP contribution in [0, 0.1) is 6.92 Å². The van der Waals surface area contributed by atoms with Crippen molar-refractivity contribution in [3.05, 3.63) is 65.3 Å². The molecule has 4 aromatic rings. The predicted octanol–water partition coefficient (Wildman–Crippen LogP) is 3.48. The van der Waals surface area contributed by atoms with E-state index in [9.17, 15) is 4.79 Å². The molecule has 3 heterocycles. The first kappa shape index (κ1) is 17.0. The van der Waals surface area contributed by atoms with Gasteiger partial charge in [0.25, 0.3) is 0 Å². The van der Waals surface area contributed by atoms with Crippen LogP contribution in [-0.4, -0.2) is 31.1 Å². The number of rotatable bonds is 5. The van der Waals surface area contributed by atoms with Gasteiger partial charge in [-0.25, -0.2) is 4.98 Å². The number of H-pyrrole nitrogens is 1. The fourth-order valence-corrected chi connectivity index (χ4v) is 3.38. The van der Waals surface area contributed by atoms with Crippen molar-refractivity contribution in [1.29, 1.82) is 0 Å². The molecule has 0 aliphatic carbocycles. The zero-order valence-electron chi connectivity index (χ0n) is 14.5. The van der Waals surface area contributed by atoms with E-state index < -0.39 is 0 Å². The van der Waals surface area contributed by atoms with Crippen LogP contribution in [0.1, 0.15) is 11.3 Å². The van der Waals surface area contributed by atoms with Crippen LogP contribution >= 0.6 is 11.3 Å². The third-order valence-electron chi connectivity index (χ3n) is 3.80. The van der Waals surface area contributed by atoms with E-state index in [1.807, 2.05) is 48.7 Å². The average molecular weight is 376 g/mol. The van der Waals surface area contributed by atoms with Crippen molar-refractivity contribution in [1.82, 2.24) is 25.1 Å². The van der Waals surface area contributed by atoms with Crippen LogP contribution in [0.15, 0.2) is 54.0 Å². The Labute approximate surface area is 159 Å². The maximum Gasteiger partial charge on any atom is 0.249 e. The van der Waals surface area contributed by atoms with Gasteiger partial charge >= 0.3 is 0 Å². The van der Waals surface area contributed by atoms with Crippen LogP contribution in [0.3, 0.4) is 0 Å². The van der Waals surface area contributed by atoms with Gasteiger partial charge < -0.3 is 0 Å². The van der Waals surface area contributed by atoms with Crippen molar-refractivity contribution >= 4 is 23.2 Å². The molecule has 0 bridgehead atoms. The standard InChI is InChI=1S/C19H16N6OS/c1-12-5-4-6-13(9-12)18-21-14(11-27-18)10-16(26)22-19-23-17(24-25-19)15-7-2-3-8-20-15/h2-9,11H,10H2,1H3,(H2,22,23,24,25,26). The molecule has 1 amide bonds. The number of amides is 1. The minimum atomic E-state index is -0.220. The first-order chi connectivity index (χ1) is 13.2. The highest BCUT2D eigenvalue weighted by molar-refractivity contribution is 7.13. The molecule has 0 saturated carbocycles. The Bertz CT molecular complexity index is 1070. The highest BCUT2D eigenvalue weighted by atomic mass is 32.1. The summed E-state index contributed by atoms with van der Waals surface area (Å²) >= 11 is 1.52. The van der Waals surface area contributed by atoms with E-state index in [1.54, 1.807) is 6.20 Å². The van der Waals surface area contributed by atoms with Gasteiger partial charge in [-0.3, -0.25) is 20.2 Å². The second-order valence-corrected chi connectivity index (χ2v) is 6.82. The number of aromatic nitrogens is 5. The third kappa shape index (κ3) is 4.06. The van der Waals surface area contributed by atoms with E-state index in [0.29, 0.717) is 11.5 Å². The number of nitrogens with one attached hydrogen (secondary N) is 2. The van der Waals surface area contributed by atoms with Crippen molar-refractivity contribution < 1.29 is 4.79 Å². The normalized spacial score (nSPS) is 10.7. The molecular formula is C19H16N6OS. The minimum Gasteiger partial charge on any atom is -0.293 e. The Morgan fingerprint density at radius 1 is 1.19 bits per heavy atom. The number of benzene rings is 1. The molecule has 0 spiro atoms. The van der Waals surface area contributed by atoms with Gasteiger partial charge in [-0.05, 0) is 25.1 Å². The smallest absolute Gasteiger partial charge is 0.249 e. The molecule has 2 N–H and O–H groups in total. The molecule has 0 aliphatic heterocycles. The minimum absolute atomic E-state index is 0.162. The van der Waals surface area contributed by atoms with Crippen molar-refractivity contribution in [3.8, 4) is 22.1 Å². The first-order valence-electron chi connectivity index (χ1n) is 8.32. The van der Waals surface area contributed by atoms with Gasteiger partial charge in [-0.1, -0.05) is 29.8 Å². The quantitative estimate of drug-likeness (QED) is 0.556. The maximum atomic E-state index is 12.3.